The summed E-state index contributed by atoms with van der Waals surface area (Å²) in [6.07, 6.45) is 2.83. The third kappa shape index (κ3) is 2.34. The molecule has 0 unspecified atom stereocenters. The van der Waals surface area contributed by atoms with Crippen LogP contribution in [0.4, 0.5) is 10.5 Å². The molecule has 98 valence electrons. The standard InChI is InChI=1S/C14H21N3O/c1-4-9-14(5-2)15-13(18)17(16-14)12-8-6-7-11(3)10-12/h6-8,10,16H,4-5,9H2,1-3H3,(H,15,18)/t14-/m1/s1. The Morgan fingerprint density at radius 1 is 1.33 bits per heavy atom. The van der Waals surface area contributed by atoms with E-state index in [0.29, 0.717) is 0 Å². The number of hydrazine groups is 1. The number of urea groups is 1. The van der Waals surface area contributed by atoms with Crippen LogP contribution >= 0.6 is 0 Å². The number of hydrogen-bond donors (Lipinski definition) is 2. The number of carbonyl (C=O) groups is 1. The SMILES string of the molecule is CCC[C@]1(CC)NC(=O)N(c2cccc(C)c2)N1. The molecule has 1 aromatic rings. The van der Waals surface area contributed by atoms with Crippen LogP contribution in [-0.2, 0) is 0 Å². The van der Waals surface area contributed by atoms with Gasteiger partial charge in [0.1, 0.15) is 5.66 Å². The van der Waals surface area contributed by atoms with Crippen LogP contribution in [0.25, 0.3) is 0 Å². The molecule has 1 saturated heterocycles. The summed E-state index contributed by atoms with van der Waals surface area (Å²) in [6, 6.07) is 7.86. The molecule has 1 aliphatic rings. The van der Waals surface area contributed by atoms with Crippen LogP contribution < -0.4 is 15.8 Å². The Kier molecular flexibility index (Phi) is 3.57. The molecule has 4 nitrogen and oxygen atoms in total. The molecule has 1 heterocycles. The monoisotopic (exact) mass is 247 g/mol. The maximum atomic E-state index is 12.1. The van der Waals surface area contributed by atoms with Gasteiger partial charge in [-0.1, -0.05) is 32.4 Å². The summed E-state index contributed by atoms with van der Waals surface area (Å²) >= 11 is 0. The molecule has 1 fully saturated rings. The van der Waals surface area contributed by atoms with Gasteiger partial charge in [0.05, 0.1) is 5.69 Å². The Balaban J connectivity index is 2.23. The molecule has 1 atom stereocenters. The lowest BCUT2D eigenvalue weighted by atomic mass is 10.0. The second-order valence-corrected chi connectivity index (χ2v) is 4.90. The van der Waals surface area contributed by atoms with Crippen molar-refractivity contribution in [2.75, 3.05) is 5.01 Å². The molecule has 0 radical (unpaired) electrons. The molecular weight excluding hydrogens is 226 g/mol. The van der Waals surface area contributed by atoms with Crippen LogP contribution in [0.2, 0.25) is 0 Å². The normalized spacial score (nSPS) is 23.3. The predicted octanol–water partition coefficient (Wildman–Crippen LogP) is 2.94. The highest BCUT2D eigenvalue weighted by atomic mass is 16.2. The van der Waals surface area contributed by atoms with Gasteiger partial charge < -0.3 is 5.32 Å². The number of carbonyl (C=O) groups excluding carboxylic acids is 1. The summed E-state index contributed by atoms with van der Waals surface area (Å²) in [4.78, 5) is 12.1. The van der Waals surface area contributed by atoms with E-state index in [1.165, 1.54) is 0 Å². The Labute approximate surface area is 108 Å². The minimum absolute atomic E-state index is 0.0732. The zero-order valence-corrected chi connectivity index (χ0v) is 11.3. The quantitative estimate of drug-likeness (QED) is 0.859. The molecule has 2 N–H and O–H groups in total. The van der Waals surface area contributed by atoms with Crippen molar-refractivity contribution in [2.45, 2.75) is 45.7 Å². The van der Waals surface area contributed by atoms with E-state index in [4.69, 9.17) is 0 Å². The predicted molar refractivity (Wildman–Crippen MR) is 73.3 cm³/mol. The number of hydrogen-bond acceptors (Lipinski definition) is 2. The van der Waals surface area contributed by atoms with Crippen molar-refractivity contribution in [1.82, 2.24) is 10.7 Å². The maximum absolute atomic E-state index is 12.1. The lowest BCUT2D eigenvalue weighted by Crippen LogP contribution is -2.50. The lowest BCUT2D eigenvalue weighted by molar-refractivity contribution is 0.242. The van der Waals surface area contributed by atoms with Crippen LogP contribution in [0.3, 0.4) is 0 Å². The van der Waals surface area contributed by atoms with Gasteiger partial charge in [0.15, 0.2) is 0 Å². The highest BCUT2D eigenvalue weighted by Gasteiger charge is 2.40. The topological polar surface area (TPSA) is 44.4 Å². The van der Waals surface area contributed by atoms with E-state index in [9.17, 15) is 4.79 Å². The maximum Gasteiger partial charge on any atom is 0.338 e. The fourth-order valence-electron chi connectivity index (χ4n) is 2.39. The van der Waals surface area contributed by atoms with E-state index in [-0.39, 0.29) is 11.7 Å². The number of rotatable bonds is 4. The molecule has 0 saturated carbocycles. The van der Waals surface area contributed by atoms with E-state index >= 15 is 0 Å². The number of nitrogens with zero attached hydrogens (tertiary/aromatic N) is 1. The number of anilines is 1. The number of aryl methyl sites for hydroxylation is 1. The molecule has 1 aliphatic heterocycles. The summed E-state index contributed by atoms with van der Waals surface area (Å²) in [6.45, 7) is 6.24. The van der Waals surface area contributed by atoms with Crippen molar-refractivity contribution in [2.24, 2.45) is 0 Å². The molecule has 2 rings (SSSR count). The highest BCUT2D eigenvalue weighted by molar-refractivity contribution is 5.93. The first-order chi connectivity index (χ1) is 8.60. The van der Waals surface area contributed by atoms with Crippen molar-refractivity contribution < 1.29 is 4.79 Å². The number of nitrogens with one attached hydrogen (secondary N) is 2. The van der Waals surface area contributed by atoms with Crippen molar-refractivity contribution >= 4 is 11.7 Å². The zero-order valence-electron chi connectivity index (χ0n) is 11.3. The van der Waals surface area contributed by atoms with E-state index in [2.05, 4.69) is 24.6 Å². The second kappa shape index (κ2) is 4.98. The van der Waals surface area contributed by atoms with Crippen LogP contribution in [0.15, 0.2) is 24.3 Å². The van der Waals surface area contributed by atoms with Gasteiger partial charge in [0, 0.05) is 0 Å². The average Bonchev–Trinajstić information content (AvgIpc) is 2.68. The van der Waals surface area contributed by atoms with Gasteiger partial charge >= 0.3 is 6.03 Å². The van der Waals surface area contributed by atoms with Crippen molar-refractivity contribution in [1.29, 1.82) is 0 Å². The van der Waals surface area contributed by atoms with Gasteiger partial charge in [-0.05, 0) is 37.5 Å². The lowest BCUT2D eigenvalue weighted by Gasteiger charge is -2.27. The van der Waals surface area contributed by atoms with Crippen LogP contribution in [0.5, 0.6) is 0 Å². The van der Waals surface area contributed by atoms with E-state index in [0.717, 1.165) is 30.5 Å². The van der Waals surface area contributed by atoms with Crippen molar-refractivity contribution in [3.05, 3.63) is 29.8 Å². The van der Waals surface area contributed by atoms with Crippen molar-refractivity contribution in [3.8, 4) is 0 Å². The van der Waals surface area contributed by atoms with Gasteiger partial charge in [0.2, 0.25) is 0 Å². The second-order valence-electron chi connectivity index (χ2n) is 4.90. The molecule has 2 amide bonds. The van der Waals surface area contributed by atoms with Crippen LogP contribution in [0, 0.1) is 6.92 Å². The van der Waals surface area contributed by atoms with Gasteiger partial charge in [-0.2, -0.15) is 0 Å². The number of benzene rings is 1. The van der Waals surface area contributed by atoms with Gasteiger partial charge in [0.25, 0.3) is 0 Å². The molecule has 1 aromatic carbocycles. The van der Waals surface area contributed by atoms with Gasteiger partial charge in [-0.25, -0.2) is 15.2 Å². The molecule has 18 heavy (non-hydrogen) atoms. The first-order valence-corrected chi connectivity index (χ1v) is 6.57. The summed E-state index contributed by atoms with van der Waals surface area (Å²) < 4.78 is 0. The highest BCUT2D eigenvalue weighted by Crippen LogP contribution is 2.24. The minimum atomic E-state index is -0.296. The van der Waals surface area contributed by atoms with E-state index in [1.807, 2.05) is 31.2 Å². The zero-order chi connectivity index (χ0) is 13.2. The van der Waals surface area contributed by atoms with Crippen LogP contribution in [0.1, 0.15) is 38.7 Å². The fourth-order valence-corrected chi connectivity index (χ4v) is 2.39. The van der Waals surface area contributed by atoms with Gasteiger partial charge in [-0.15, -0.1) is 0 Å². The fraction of sp³-hybridized carbons (Fsp3) is 0.500. The summed E-state index contributed by atoms with van der Waals surface area (Å²) in [5.74, 6) is 0. The molecular formula is C14H21N3O. The Morgan fingerprint density at radius 3 is 2.72 bits per heavy atom. The molecule has 0 aliphatic carbocycles. The third-order valence-electron chi connectivity index (χ3n) is 3.42. The largest absolute Gasteiger partial charge is 0.338 e. The minimum Gasteiger partial charge on any atom is -0.317 e. The molecule has 0 aromatic heterocycles. The van der Waals surface area contributed by atoms with Gasteiger partial charge in [-0.3, -0.25) is 0 Å². The first-order valence-electron chi connectivity index (χ1n) is 6.57. The van der Waals surface area contributed by atoms with E-state index < -0.39 is 0 Å². The number of amides is 2. The van der Waals surface area contributed by atoms with E-state index in [1.54, 1.807) is 5.01 Å². The Hall–Kier alpha value is -1.55. The third-order valence-corrected chi connectivity index (χ3v) is 3.42. The molecule has 0 bridgehead atoms. The average molecular weight is 247 g/mol. The summed E-state index contributed by atoms with van der Waals surface area (Å²) in [7, 11) is 0. The Morgan fingerprint density at radius 2 is 2.11 bits per heavy atom. The smallest absolute Gasteiger partial charge is 0.317 e. The summed E-state index contributed by atoms with van der Waals surface area (Å²) in [5.41, 5.74) is 5.06. The molecule has 0 spiro atoms. The Bertz CT molecular complexity index is 446. The first kappa shape index (κ1) is 12.9. The van der Waals surface area contributed by atoms with Crippen LogP contribution in [-0.4, -0.2) is 11.7 Å². The van der Waals surface area contributed by atoms with Crippen molar-refractivity contribution in [3.63, 3.8) is 0 Å². The molecule has 4 heteroatoms. The summed E-state index contributed by atoms with van der Waals surface area (Å²) in [5, 5.41) is 4.68.